The van der Waals surface area contributed by atoms with Gasteiger partial charge in [0.1, 0.15) is 5.69 Å². The Morgan fingerprint density at radius 1 is 1.00 bits per heavy atom. The molecule has 0 saturated carbocycles. The van der Waals surface area contributed by atoms with Crippen LogP contribution in [-0.2, 0) is 11.3 Å². The van der Waals surface area contributed by atoms with Crippen LogP contribution in [0.2, 0.25) is 0 Å². The number of carbonyl (C=O) groups excluding carboxylic acids is 2. The first-order chi connectivity index (χ1) is 15.2. The molecule has 7 nitrogen and oxygen atoms in total. The lowest BCUT2D eigenvalue weighted by Crippen LogP contribution is -2.23. The van der Waals surface area contributed by atoms with Crippen LogP contribution in [0.3, 0.4) is 0 Å². The molecule has 2 aromatic carbocycles. The third-order valence-corrected chi connectivity index (χ3v) is 4.74. The molecule has 7 heteroatoms. The highest BCUT2D eigenvalue weighted by atomic mass is 16.5. The summed E-state index contributed by atoms with van der Waals surface area (Å²) in [6.45, 7) is 0.309. The lowest BCUT2D eigenvalue weighted by molar-refractivity contribution is 0.0600. The van der Waals surface area contributed by atoms with Crippen LogP contribution in [0, 0.1) is 0 Å². The number of ether oxygens (including phenoxy) is 1. The fourth-order valence-corrected chi connectivity index (χ4v) is 3.12. The van der Waals surface area contributed by atoms with Crippen molar-refractivity contribution in [2.75, 3.05) is 7.11 Å². The van der Waals surface area contributed by atoms with Gasteiger partial charge in [-0.1, -0.05) is 30.3 Å². The molecule has 0 aliphatic heterocycles. The molecular weight excluding hydrogens is 392 g/mol. The Bertz CT molecular complexity index is 1190. The van der Waals surface area contributed by atoms with Crippen LogP contribution in [0.25, 0.3) is 16.9 Å². The van der Waals surface area contributed by atoms with Gasteiger partial charge in [-0.2, -0.15) is 5.10 Å². The molecule has 0 fully saturated rings. The number of para-hydroxylation sites is 1. The quantitative estimate of drug-likeness (QED) is 0.489. The third-order valence-electron chi connectivity index (χ3n) is 4.74. The lowest BCUT2D eigenvalue weighted by Gasteiger charge is -2.06. The minimum absolute atomic E-state index is 0.252. The zero-order chi connectivity index (χ0) is 21.6. The molecule has 1 N–H and O–H groups in total. The van der Waals surface area contributed by atoms with Crippen LogP contribution in [0.4, 0.5) is 0 Å². The van der Waals surface area contributed by atoms with Crippen molar-refractivity contribution in [1.82, 2.24) is 20.1 Å². The van der Waals surface area contributed by atoms with E-state index in [2.05, 4.69) is 15.4 Å². The van der Waals surface area contributed by atoms with Crippen LogP contribution in [0.15, 0.2) is 85.3 Å². The molecule has 2 aromatic heterocycles. The van der Waals surface area contributed by atoms with Crippen molar-refractivity contribution in [3.05, 3.63) is 102 Å². The van der Waals surface area contributed by atoms with Gasteiger partial charge in [0.05, 0.1) is 23.9 Å². The number of aromatic nitrogens is 3. The van der Waals surface area contributed by atoms with Crippen molar-refractivity contribution in [3.8, 4) is 16.9 Å². The monoisotopic (exact) mass is 412 g/mol. The van der Waals surface area contributed by atoms with E-state index in [1.807, 2.05) is 36.4 Å². The fourth-order valence-electron chi connectivity index (χ4n) is 3.12. The van der Waals surface area contributed by atoms with Crippen molar-refractivity contribution in [2.24, 2.45) is 0 Å². The number of nitrogens with one attached hydrogen (secondary N) is 1. The number of hydrogen-bond donors (Lipinski definition) is 1. The average Bonchev–Trinajstić information content (AvgIpc) is 3.29. The first-order valence-electron chi connectivity index (χ1n) is 9.66. The maximum atomic E-state index is 13.0. The first-order valence-corrected chi connectivity index (χ1v) is 9.66. The number of esters is 1. The van der Waals surface area contributed by atoms with Gasteiger partial charge in [0.25, 0.3) is 5.91 Å². The van der Waals surface area contributed by atoms with E-state index < -0.39 is 5.97 Å². The summed E-state index contributed by atoms with van der Waals surface area (Å²) < 4.78 is 6.39. The van der Waals surface area contributed by atoms with Crippen LogP contribution < -0.4 is 5.32 Å². The molecule has 1 amide bonds. The van der Waals surface area contributed by atoms with E-state index in [-0.39, 0.29) is 5.91 Å². The zero-order valence-electron chi connectivity index (χ0n) is 16.9. The second-order valence-electron chi connectivity index (χ2n) is 6.78. The van der Waals surface area contributed by atoms with Gasteiger partial charge in [-0.25, -0.2) is 9.48 Å². The fraction of sp³-hybridized carbons (Fsp3) is 0.0833. The summed E-state index contributed by atoms with van der Waals surface area (Å²) >= 11 is 0. The van der Waals surface area contributed by atoms with E-state index >= 15 is 0 Å². The molecule has 154 valence electrons. The minimum Gasteiger partial charge on any atom is -0.465 e. The van der Waals surface area contributed by atoms with Crippen molar-refractivity contribution in [3.63, 3.8) is 0 Å². The third kappa shape index (κ3) is 4.51. The van der Waals surface area contributed by atoms with Crippen molar-refractivity contribution >= 4 is 11.9 Å². The van der Waals surface area contributed by atoms with Gasteiger partial charge in [-0.15, -0.1) is 0 Å². The summed E-state index contributed by atoms with van der Waals surface area (Å²) in [6.07, 6.45) is 5.07. The van der Waals surface area contributed by atoms with E-state index in [1.165, 1.54) is 7.11 Å². The van der Waals surface area contributed by atoms with E-state index in [9.17, 15) is 9.59 Å². The molecule has 0 saturated heterocycles. The molecule has 0 atom stereocenters. The highest BCUT2D eigenvalue weighted by Gasteiger charge is 2.18. The van der Waals surface area contributed by atoms with Gasteiger partial charge in [-0.3, -0.25) is 9.78 Å². The maximum absolute atomic E-state index is 13.0. The Labute approximate surface area is 179 Å². The van der Waals surface area contributed by atoms with Crippen LogP contribution >= 0.6 is 0 Å². The molecule has 0 spiro atoms. The van der Waals surface area contributed by atoms with E-state index in [0.29, 0.717) is 23.4 Å². The van der Waals surface area contributed by atoms with Gasteiger partial charge in [0.2, 0.25) is 0 Å². The molecular formula is C24H20N4O3. The van der Waals surface area contributed by atoms with Crippen molar-refractivity contribution in [2.45, 2.75) is 6.54 Å². The molecule has 2 heterocycles. The highest BCUT2D eigenvalue weighted by Crippen LogP contribution is 2.23. The average molecular weight is 412 g/mol. The normalized spacial score (nSPS) is 10.5. The Balaban J connectivity index is 1.58. The number of nitrogens with zero attached hydrogens (tertiary/aromatic N) is 3. The van der Waals surface area contributed by atoms with Crippen molar-refractivity contribution in [1.29, 1.82) is 0 Å². The Hall–Kier alpha value is -4.26. The summed E-state index contributed by atoms with van der Waals surface area (Å²) in [5, 5.41) is 7.56. The number of carbonyl (C=O) groups is 2. The van der Waals surface area contributed by atoms with Gasteiger partial charge in [0, 0.05) is 30.7 Å². The SMILES string of the molecule is COC(=O)c1ccc(CNC(=O)c2cn(-c3ccccc3)nc2-c2cccnc2)cc1. The molecule has 0 radical (unpaired) electrons. The summed E-state index contributed by atoms with van der Waals surface area (Å²) in [7, 11) is 1.34. The zero-order valence-corrected chi connectivity index (χ0v) is 16.9. The van der Waals surface area contributed by atoms with Crippen LogP contribution in [-0.4, -0.2) is 33.8 Å². The van der Waals surface area contributed by atoms with Gasteiger partial charge < -0.3 is 10.1 Å². The number of pyridine rings is 1. The van der Waals surface area contributed by atoms with Gasteiger partial charge >= 0.3 is 5.97 Å². The van der Waals surface area contributed by atoms with Crippen LogP contribution in [0.1, 0.15) is 26.3 Å². The molecule has 0 aliphatic rings. The van der Waals surface area contributed by atoms with Gasteiger partial charge in [-0.05, 0) is 42.0 Å². The number of benzene rings is 2. The number of amides is 1. The van der Waals surface area contributed by atoms with E-state index in [1.54, 1.807) is 53.6 Å². The Morgan fingerprint density at radius 2 is 1.77 bits per heavy atom. The molecule has 31 heavy (non-hydrogen) atoms. The van der Waals surface area contributed by atoms with Crippen molar-refractivity contribution < 1.29 is 14.3 Å². The molecule has 4 rings (SSSR count). The van der Waals surface area contributed by atoms with Crippen LogP contribution in [0.5, 0.6) is 0 Å². The smallest absolute Gasteiger partial charge is 0.337 e. The Kier molecular flexibility index (Phi) is 5.84. The Morgan fingerprint density at radius 3 is 2.45 bits per heavy atom. The predicted molar refractivity (Wildman–Crippen MR) is 116 cm³/mol. The summed E-state index contributed by atoms with van der Waals surface area (Å²) in [6, 6.07) is 20.2. The molecule has 0 unspecified atom stereocenters. The van der Waals surface area contributed by atoms with Gasteiger partial charge in [0.15, 0.2) is 0 Å². The summed E-state index contributed by atoms with van der Waals surface area (Å²) in [5.41, 5.74) is 3.92. The highest BCUT2D eigenvalue weighted by molar-refractivity contribution is 5.99. The summed E-state index contributed by atoms with van der Waals surface area (Å²) in [5.74, 6) is -0.650. The lowest BCUT2D eigenvalue weighted by atomic mass is 10.1. The number of hydrogen-bond acceptors (Lipinski definition) is 5. The second kappa shape index (κ2) is 9.04. The van der Waals surface area contributed by atoms with E-state index in [0.717, 1.165) is 16.8 Å². The van der Waals surface area contributed by atoms with E-state index in [4.69, 9.17) is 4.74 Å². The predicted octanol–water partition coefficient (Wildman–Crippen LogP) is 3.65. The topological polar surface area (TPSA) is 86.1 Å². The second-order valence-corrected chi connectivity index (χ2v) is 6.78. The number of rotatable bonds is 6. The largest absolute Gasteiger partial charge is 0.465 e. The standard InChI is InChI=1S/C24H20N4O3/c1-31-24(30)18-11-9-17(10-12-18)14-26-23(29)21-16-28(20-7-3-2-4-8-20)27-22(21)19-6-5-13-25-15-19/h2-13,15-16H,14H2,1H3,(H,26,29). The molecule has 0 aliphatic carbocycles. The summed E-state index contributed by atoms with van der Waals surface area (Å²) in [4.78, 5) is 28.7. The first kappa shape index (κ1) is 20.0. The number of methoxy groups -OCH3 is 1. The maximum Gasteiger partial charge on any atom is 0.337 e. The molecule has 0 bridgehead atoms. The minimum atomic E-state index is -0.398. The molecule has 4 aromatic rings.